The van der Waals surface area contributed by atoms with Crippen LogP contribution in [0.15, 0.2) is 24.3 Å². The predicted octanol–water partition coefficient (Wildman–Crippen LogP) is -0.538. The fraction of sp³-hybridized carbons (Fsp3) is 0.333. The molecule has 21 heavy (non-hydrogen) atoms. The number of carbonyl (C=O) groups is 2. The molecule has 0 spiro atoms. The van der Waals surface area contributed by atoms with Gasteiger partial charge < -0.3 is 16.4 Å². The summed E-state index contributed by atoms with van der Waals surface area (Å²) in [6.07, 6.45) is 0. The molecule has 0 saturated heterocycles. The minimum atomic E-state index is -3.33. The zero-order chi connectivity index (χ0) is 15.9. The molecular formula is C12H18N4O4S. The van der Waals surface area contributed by atoms with E-state index < -0.39 is 21.8 Å². The minimum Gasteiger partial charge on any atom is -0.346 e. The predicted molar refractivity (Wildman–Crippen MR) is 80.2 cm³/mol. The molecule has 8 nitrogen and oxygen atoms in total. The number of hydrogen-bond donors (Lipinski definition) is 4. The summed E-state index contributed by atoms with van der Waals surface area (Å²) >= 11 is 0. The molecule has 1 aromatic carbocycles. The van der Waals surface area contributed by atoms with Gasteiger partial charge in [0.25, 0.3) is 0 Å². The lowest BCUT2D eigenvalue weighted by atomic mass is 10.3. The van der Waals surface area contributed by atoms with Crippen LogP contribution in [0.25, 0.3) is 0 Å². The largest absolute Gasteiger partial charge is 0.346 e. The summed E-state index contributed by atoms with van der Waals surface area (Å²) < 4.78 is 25.1. The molecule has 9 heteroatoms. The van der Waals surface area contributed by atoms with Gasteiger partial charge in [-0.05, 0) is 31.2 Å². The highest BCUT2D eigenvalue weighted by Gasteiger charge is 2.07. The number of anilines is 2. The Hall–Kier alpha value is -2.13. The normalized spacial score (nSPS) is 10.8. The number of carbonyl (C=O) groups excluding carboxylic acids is 2. The van der Waals surface area contributed by atoms with Crippen LogP contribution < -0.4 is 21.1 Å². The Balaban J connectivity index is 2.55. The second-order valence-electron chi connectivity index (χ2n) is 4.11. The second-order valence-corrected chi connectivity index (χ2v) is 6.12. The average molecular weight is 314 g/mol. The van der Waals surface area contributed by atoms with Crippen LogP contribution in [-0.4, -0.2) is 39.1 Å². The van der Waals surface area contributed by atoms with Gasteiger partial charge in [-0.2, -0.15) is 0 Å². The molecule has 1 aromatic rings. The fourth-order valence-electron chi connectivity index (χ4n) is 1.33. The van der Waals surface area contributed by atoms with E-state index in [0.717, 1.165) is 0 Å². The number of nitrogens with one attached hydrogen (secondary N) is 3. The number of hydrogen-bond acceptors (Lipinski definition) is 5. The highest BCUT2D eigenvalue weighted by atomic mass is 32.2. The smallest absolute Gasteiger partial charge is 0.243 e. The van der Waals surface area contributed by atoms with Crippen molar-refractivity contribution in [2.45, 2.75) is 6.92 Å². The minimum absolute atomic E-state index is 0.0215. The van der Waals surface area contributed by atoms with Crippen molar-refractivity contribution >= 4 is 33.2 Å². The second kappa shape index (κ2) is 7.60. The standard InChI is InChI=1S/C12H18N4O4S/c1-2-21(19,20)16-10-5-3-9(4-6-10)15-12(18)8-14-11(17)7-13/h3-6,16H,2,7-8,13H2,1H3,(H,14,17)(H,15,18). The Labute approximate surface area is 123 Å². The molecule has 0 aliphatic heterocycles. The Morgan fingerprint density at radius 3 is 2.19 bits per heavy atom. The summed E-state index contributed by atoms with van der Waals surface area (Å²) in [4.78, 5) is 22.4. The SMILES string of the molecule is CCS(=O)(=O)Nc1ccc(NC(=O)CNC(=O)CN)cc1. The molecule has 0 unspecified atom stereocenters. The van der Waals surface area contributed by atoms with E-state index in [0.29, 0.717) is 11.4 Å². The summed E-state index contributed by atoms with van der Waals surface area (Å²) in [7, 11) is -3.33. The van der Waals surface area contributed by atoms with Gasteiger partial charge in [-0.1, -0.05) is 0 Å². The first-order chi connectivity index (χ1) is 9.86. The van der Waals surface area contributed by atoms with Gasteiger partial charge in [-0.25, -0.2) is 8.42 Å². The van der Waals surface area contributed by atoms with Crippen molar-refractivity contribution in [1.29, 1.82) is 0 Å². The van der Waals surface area contributed by atoms with Gasteiger partial charge in [-0.3, -0.25) is 14.3 Å². The van der Waals surface area contributed by atoms with Gasteiger partial charge in [0.2, 0.25) is 21.8 Å². The maximum atomic E-state index is 11.5. The first-order valence-corrected chi connectivity index (χ1v) is 7.88. The van der Waals surface area contributed by atoms with Crippen molar-refractivity contribution in [1.82, 2.24) is 5.32 Å². The molecule has 0 saturated carbocycles. The maximum Gasteiger partial charge on any atom is 0.243 e. The van der Waals surface area contributed by atoms with Gasteiger partial charge in [0.1, 0.15) is 0 Å². The molecule has 2 amide bonds. The Kier molecular flexibility index (Phi) is 6.12. The summed E-state index contributed by atoms with van der Waals surface area (Å²) in [6, 6.07) is 6.16. The molecule has 116 valence electrons. The summed E-state index contributed by atoms with van der Waals surface area (Å²) in [6.45, 7) is 1.17. The lowest BCUT2D eigenvalue weighted by molar-refractivity contribution is -0.123. The van der Waals surface area contributed by atoms with Crippen LogP contribution in [0.4, 0.5) is 11.4 Å². The first kappa shape index (κ1) is 16.9. The third-order valence-electron chi connectivity index (χ3n) is 2.45. The fourth-order valence-corrected chi connectivity index (χ4v) is 1.97. The number of nitrogens with two attached hydrogens (primary N) is 1. The lowest BCUT2D eigenvalue weighted by Gasteiger charge is -2.08. The molecule has 0 radical (unpaired) electrons. The molecule has 5 N–H and O–H groups in total. The molecule has 0 aliphatic carbocycles. The van der Waals surface area contributed by atoms with Crippen LogP contribution in [0.1, 0.15) is 6.92 Å². The van der Waals surface area contributed by atoms with Gasteiger partial charge in [0.15, 0.2) is 0 Å². The Morgan fingerprint density at radius 1 is 1.10 bits per heavy atom. The van der Waals surface area contributed by atoms with E-state index in [1.165, 1.54) is 19.1 Å². The summed E-state index contributed by atoms with van der Waals surface area (Å²) in [5, 5.41) is 4.89. The summed E-state index contributed by atoms with van der Waals surface area (Å²) in [5.74, 6) is -0.847. The van der Waals surface area contributed by atoms with E-state index >= 15 is 0 Å². The lowest BCUT2D eigenvalue weighted by Crippen LogP contribution is -2.36. The number of sulfonamides is 1. The van der Waals surface area contributed by atoms with E-state index in [9.17, 15) is 18.0 Å². The molecule has 0 aliphatic rings. The molecule has 0 bridgehead atoms. The molecular weight excluding hydrogens is 296 g/mol. The highest BCUT2D eigenvalue weighted by Crippen LogP contribution is 2.14. The topological polar surface area (TPSA) is 130 Å². The van der Waals surface area contributed by atoms with Crippen molar-refractivity contribution in [3.05, 3.63) is 24.3 Å². The van der Waals surface area contributed by atoms with Gasteiger partial charge in [0.05, 0.1) is 18.8 Å². The maximum absolute atomic E-state index is 11.5. The average Bonchev–Trinajstić information content (AvgIpc) is 2.46. The van der Waals surface area contributed by atoms with E-state index in [2.05, 4.69) is 15.4 Å². The molecule has 0 aromatic heterocycles. The van der Waals surface area contributed by atoms with Crippen molar-refractivity contribution in [3.8, 4) is 0 Å². The van der Waals surface area contributed by atoms with Crippen LogP contribution in [0.3, 0.4) is 0 Å². The Morgan fingerprint density at radius 2 is 1.67 bits per heavy atom. The van der Waals surface area contributed by atoms with Crippen molar-refractivity contribution in [2.75, 3.05) is 28.9 Å². The van der Waals surface area contributed by atoms with Crippen molar-refractivity contribution in [3.63, 3.8) is 0 Å². The third-order valence-corrected chi connectivity index (χ3v) is 3.76. The first-order valence-electron chi connectivity index (χ1n) is 6.23. The molecule has 1 rings (SSSR count). The van der Waals surface area contributed by atoms with Gasteiger partial charge in [0, 0.05) is 11.4 Å². The van der Waals surface area contributed by atoms with E-state index in [1.54, 1.807) is 12.1 Å². The monoisotopic (exact) mass is 314 g/mol. The van der Waals surface area contributed by atoms with Crippen LogP contribution in [-0.2, 0) is 19.6 Å². The van der Waals surface area contributed by atoms with E-state index in [-0.39, 0.29) is 18.8 Å². The van der Waals surface area contributed by atoms with E-state index in [1.807, 2.05) is 0 Å². The highest BCUT2D eigenvalue weighted by molar-refractivity contribution is 7.92. The van der Waals surface area contributed by atoms with Crippen molar-refractivity contribution in [2.24, 2.45) is 5.73 Å². The number of amides is 2. The Bertz CT molecular complexity index is 598. The van der Waals surface area contributed by atoms with E-state index in [4.69, 9.17) is 5.73 Å². The summed E-state index contributed by atoms with van der Waals surface area (Å²) in [5.41, 5.74) is 5.99. The zero-order valence-electron chi connectivity index (χ0n) is 11.5. The van der Waals surface area contributed by atoms with Crippen LogP contribution in [0.5, 0.6) is 0 Å². The zero-order valence-corrected chi connectivity index (χ0v) is 12.4. The molecule has 0 heterocycles. The van der Waals surface area contributed by atoms with Gasteiger partial charge >= 0.3 is 0 Å². The third kappa shape index (κ3) is 6.23. The van der Waals surface area contributed by atoms with Gasteiger partial charge in [-0.15, -0.1) is 0 Å². The molecule has 0 atom stereocenters. The van der Waals surface area contributed by atoms with Crippen LogP contribution in [0, 0.1) is 0 Å². The number of rotatable bonds is 7. The molecule has 0 fully saturated rings. The number of benzene rings is 1. The van der Waals surface area contributed by atoms with Crippen LogP contribution >= 0.6 is 0 Å². The van der Waals surface area contributed by atoms with Crippen LogP contribution in [0.2, 0.25) is 0 Å². The van der Waals surface area contributed by atoms with Crippen molar-refractivity contribution < 1.29 is 18.0 Å². The quantitative estimate of drug-likeness (QED) is 0.537.